The molecule has 0 aliphatic rings. The lowest BCUT2D eigenvalue weighted by Gasteiger charge is -2.07. The molecule has 0 atom stereocenters. The lowest BCUT2D eigenvalue weighted by atomic mass is 10.1. The van der Waals surface area contributed by atoms with Gasteiger partial charge >= 0.3 is 5.97 Å². The highest BCUT2D eigenvalue weighted by Gasteiger charge is 2.10. The van der Waals surface area contributed by atoms with Crippen molar-refractivity contribution in [1.29, 1.82) is 0 Å². The van der Waals surface area contributed by atoms with Gasteiger partial charge < -0.3 is 15.2 Å². The second-order valence-electron chi connectivity index (χ2n) is 5.16. The molecule has 0 fully saturated rings. The molecule has 5 nitrogen and oxygen atoms in total. The van der Waals surface area contributed by atoms with E-state index in [1.165, 1.54) is 24.3 Å². The van der Waals surface area contributed by atoms with Crippen LogP contribution in [0.3, 0.4) is 0 Å². The van der Waals surface area contributed by atoms with E-state index in [9.17, 15) is 14.0 Å². The minimum Gasteiger partial charge on any atom is -0.452 e. The Labute approximate surface area is 139 Å². The van der Waals surface area contributed by atoms with Gasteiger partial charge in [-0.15, -0.1) is 0 Å². The van der Waals surface area contributed by atoms with Gasteiger partial charge in [0, 0.05) is 6.54 Å². The first-order valence-electron chi connectivity index (χ1n) is 7.46. The second-order valence-corrected chi connectivity index (χ2v) is 5.16. The van der Waals surface area contributed by atoms with E-state index >= 15 is 0 Å². The molecule has 0 saturated carbocycles. The van der Waals surface area contributed by atoms with Crippen LogP contribution >= 0.6 is 0 Å². The molecular weight excluding hydrogens is 313 g/mol. The average Bonchev–Trinajstić information content (AvgIpc) is 2.61. The number of benzene rings is 2. The topological polar surface area (TPSA) is 75.6 Å². The first-order valence-corrected chi connectivity index (χ1v) is 7.46. The zero-order chi connectivity index (χ0) is 17.4. The van der Waals surface area contributed by atoms with Crippen molar-refractivity contribution in [2.45, 2.75) is 13.0 Å². The summed E-state index contributed by atoms with van der Waals surface area (Å²) in [6.45, 7) is -0.108. The molecule has 0 unspecified atom stereocenters. The van der Waals surface area contributed by atoms with Gasteiger partial charge in [0.2, 0.25) is 0 Å². The summed E-state index contributed by atoms with van der Waals surface area (Å²) in [7, 11) is 0. The van der Waals surface area contributed by atoms with E-state index in [4.69, 9.17) is 9.84 Å². The van der Waals surface area contributed by atoms with Gasteiger partial charge in [-0.3, -0.25) is 4.79 Å². The van der Waals surface area contributed by atoms with Gasteiger partial charge in [-0.25, -0.2) is 9.18 Å². The Balaban J connectivity index is 1.70. The molecule has 0 saturated heterocycles. The summed E-state index contributed by atoms with van der Waals surface area (Å²) in [6.07, 6.45) is 0.558. The SMILES string of the molecule is O=C(COC(=O)c1ccc(CO)cc1)NCCc1ccc(F)cc1. The maximum absolute atomic E-state index is 12.8. The van der Waals surface area contributed by atoms with Crippen LogP contribution in [0, 0.1) is 5.82 Å². The van der Waals surface area contributed by atoms with Crippen molar-refractivity contribution >= 4 is 11.9 Å². The van der Waals surface area contributed by atoms with E-state index in [2.05, 4.69) is 5.32 Å². The summed E-state index contributed by atoms with van der Waals surface area (Å²) in [5.41, 5.74) is 1.90. The largest absolute Gasteiger partial charge is 0.452 e. The van der Waals surface area contributed by atoms with Crippen LogP contribution in [0.15, 0.2) is 48.5 Å². The number of aliphatic hydroxyl groups is 1. The fraction of sp³-hybridized carbons (Fsp3) is 0.222. The minimum atomic E-state index is -0.604. The van der Waals surface area contributed by atoms with Gasteiger partial charge in [-0.05, 0) is 41.8 Å². The van der Waals surface area contributed by atoms with E-state index in [1.54, 1.807) is 24.3 Å². The summed E-state index contributed by atoms with van der Waals surface area (Å²) >= 11 is 0. The van der Waals surface area contributed by atoms with Crippen LogP contribution in [0.25, 0.3) is 0 Å². The molecular formula is C18H18FNO4. The zero-order valence-electron chi connectivity index (χ0n) is 13.0. The molecule has 2 rings (SSSR count). The predicted octanol–water partition coefficient (Wildman–Crippen LogP) is 1.83. The highest BCUT2D eigenvalue weighted by molar-refractivity contribution is 5.91. The summed E-state index contributed by atoms with van der Waals surface area (Å²) in [5.74, 6) is -1.31. The monoisotopic (exact) mass is 331 g/mol. The number of hydrogen-bond donors (Lipinski definition) is 2. The quantitative estimate of drug-likeness (QED) is 0.759. The van der Waals surface area contributed by atoms with Crippen molar-refractivity contribution in [2.75, 3.05) is 13.2 Å². The minimum absolute atomic E-state index is 0.105. The molecule has 126 valence electrons. The highest BCUT2D eigenvalue weighted by atomic mass is 19.1. The first kappa shape index (κ1) is 17.6. The third kappa shape index (κ3) is 5.48. The van der Waals surface area contributed by atoms with Gasteiger partial charge in [-0.1, -0.05) is 24.3 Å². The van der Waals surface area contributed by atoms with Crippen molar-refractivity contribution < 1.29 is 23.8 Å². The van der Waals surface area contributed by atoms with Crippen LogP contribution in [-0.4, -0.2) is 30.1 Å². The Hall–Kier alpha value is -2.73. The Kier molecular flexibility index (Phi) is 6.45. The molecule has 0 radical (unpaired) electrons. The van der Waals surface area contributed by atoms with Crippen molar-refractivity contribution in [2.24, 2.45) is 0 Å². The van der Waals surface area contributed by atoms with Gasteiger partial charge in [0.05, 0.1) is 12.2 Å². The Morgan fingerprint density at radius 3 is 2.25 bits per heavy atom. The van der Waals surface area contributed by atoms with E-state index in [1.807, 2.05) is 0 Å². The predicted molar refractivity (Wildman–Crippen MR) is 85.8 cm³/mol. The van der Waals surface area contributed by atoms with Gasteiger partial charge in [0.1, 0.15) is 5.82 Å². The van der Waals surface area contributed by atoms with E-state index in [0.29, 0.717) is 24.1 Å². The van der Waals surface area contributed by atoms with Crippen LogP contribution in [0.5, 0.6) is 0 Å². The maximum atomic E-state index is 12.8. The van der Waals surface area contributed by atoms with E-state index in [0.717, 1.165) is 5.56 Å². The highest BCUT2D eigenvalue weighted by Crippen LogP contribution is 2.06. The standard InChI is InChI=1S/C18H18FNO4/c19-16-7-3-13(4-8-16)9-10-20-17(22)12-24-18(23)15-5-1-14(11-21)2-6-15/h1-8,21H,9-12H2,(H,20,22). The number of ether oxygens (including phenoxy) is 1. The maximum Gasteiger partial charge on any atom is 0.338 e. The summed E-state index contributed by atoms with van der Waals surface area (Å²) in [5, 5.41) is 11.6. The number of aliphatic hydroxyl groups excluding tert-OH is 1. The van der Waals surface area contributed by atoms with Crippen LogP contribution in [-0.2, 0) is 22.6 Å². The third-order valence-electron chi connectivity index (χ3n) is 3.36. The Morgan fingerprint density at radius 1 is 1.00 bits per heavy atom. The van der Waals surface area contributed by atoms with Crippen LogP contribution in [0.1, 0.15) is 21.5 Å². The number of carbonyl (C=O) groups excluding carboxylic acids is 2. The van der Waals surface area contributed by atoms with Gasteiger partial charge in [0.15, 0.2) is 6.61 Å². The fourth-order valence-corrected chi connectivity index (χ4v) is 2.01. The van der Waals surface area contributed by atoms with Crippen LogP contribution in [0.4, 0.5) is 4.39 Å². The number of carbonyl (C=O) groups is 2. The van der Waals surface area contributed by atoms with Crippen molar-refractivity contribution in [1.82, 2.24) is 5.32 Å². The molecule has 0 aliphatic carbocycles. The average molecular weight is 331 g/mol. The Bertz CT molecular complexity index is 683. The van der Waals surface area contributed by atoms with E-state index in [-0.39, 0.29) is 19.0 Å². The number of nitrogens with one attached hydrogen (secondary N) is 1. The molecule has 6 heteroatoms. The third-order valence-corrected chi connectivity index (χ3v) is 3.36. The Morgan fingerprint density at radius 2 is 1.62 bits per heavy atom. The molecule has 0 aliphatic heterocycles. The number of amides is 1. The van der Waals surface area contributed by atoms with Crippen LogP contribution < -0.4 is 5.32 Å². The number of esters is 1. The number of halogens is 1. The van der Waals surface area contributed by atoms with Crippen molar-refractivity contribution in [3.8, 4) is 0 Å². The molecule has 0 bridgehead atoms. The summed E-state index contributed by atoms with van der Waals surface area (Å²) in [6, 6.07) is 12.3. The zero-order valence-corrected chi connectivity index (χ0v) is 13.0. The smallest absolute Gasteiger partial charge is 0.338 e. The van der Waals surface area contributed by atoms with Gasteiger partial charge in [0.25, 0.3) is 5.91 Å². The second kappa shape index (κ2) is 8.79. The summed E-state index contributed by atoms with van der Waals surface area (Å²) < 4.78 is 17.7. The molecule has 2 aromatic rings. The van der Waals surface area contributed by atoms with E-state index < -0.39 is 11.9 Å². The molecule has 0 aromatic heterocycles. The number of rotatable bonds is 7. The van der Waals surface area contributed by atoms with Crippen molar-refractivity contribution in [3.05, 3.63) is 71.0 Å². The van der Waals surface area contributed by atoms with Crippen molar-refractivity contribution in [3.63, 3.8) is 0 Å². The molecule has 0 heterocycles. The van der Waals surface area contributed by atoms with Gasteiger partial charge in [-0.2, -0.15) is 0 Å². The fourth-order valence-electron chi connectivity index (χ4n) is 2.01. The molecule has 2 N–H and O–H groups in total. The normalized spacial score (nSPS) is 10.2. The van der Waals surface area contributed by atoms with Crippen LogP contribution in [0.2, 0.25) is 0 Å². The lowest BCUT2D eigenvalue weighted by Crippen LogP contribution is -2.30. The molecule has 2 aromatic carbocycles. The molecule has 24 heavy (non-hydrogen) atoms. The summed E-state index contributed by atoms with van der Waals surface area (Å²) in [4.78, 5) is 23.4. The molecule has 1 amide bonds. The first-order chi connectivity index (χ1) is 11.6. The lowest BCUT2D eigenvalue weighted by molar-refractivity contribution is -0.124. The molecule has 0 spiro atoms. The number of hydrogen-bond acceptors (Lipinski definition) is 4.